The maximum absolute atomic E-state index is 15.3. The van der Waals surface area contributed by atoms with Crippen LogP contribution in [0.4, 0.5) is 14.5 Å². The average Bonchev–Trinajstić information content (AvgIpc) is 3.30. The van der Waals surface area contributed by atoms with Crippen LogP contribution < -0.4 is 10.3 Å². The van der Waals surface area contributed by atoms with Crippen LogP contribution in [0.3, 0.4) is 0 Å². The normalized spacial score (nSPS) is 20.4. The minimum absolute atomic E-state index is 0.0171. The summed E-state index contributed by atoms with van der Waals surface area (Å²) in [5.41, 5.74) is -1.52. The molecule has 1 N–H and O–H groups in total. The Balaban J connectivity index is 2.03. The zero-order valence-corrected chi connectivity index (χ0v) is 14.1. The molecule has 1 saturated heterocycles. The van der Waals surface area contributed by atoms with Crippen LogP contribution in [0.5, 0.6) is 0 Å². The summed E-state index contributed by atoms with van der Waals surface area (Å²) in [6, 6.07) is 0.901. The third-order valence-electron chi connectivity index (χ3n) is 4.83. The molecule has 0 spiro atoms. The first-order valence-corrected chi connectivity index (χ1v) is 8.63. The second-order valence-corrected chi connectivity index (χ2v) is 7.35. The molecule has 0 radical (unpaired) electrons. The molecule has 4 rings (SSSR count). The van der Waals surface area contributed by atoms with Crippen LogP contribution in [-0.4, -0.2) is 34.0 Å². The molecule has 2 fully saturated rings. The smallest absolute Gasteiger partial charge is 0.341 e. The number of thiol groups is 1. The lowest BCUT2D eigenvalue weighted by Crippen LogP contribution is -2.25. The highest BCUT2D eigenvalue weighted by Gasteiger charge is 2.32. The zero-order valence-electron chi connectivity index (χ0n) is 13.2. The third-order valence-corrected chi connectivity index (χ3v) is 5.26. The van der Waals surface area contributed by atoms with Crippen LogP contribution in [0.25, 0.3) is 10.9 Å². The highest BCUT2D eigenvalue weighted by Crippen LogP contribution is 2.40. The van der Waals surface area contributed by atoms with Crippen molar-refractivity contribution in [3.63, 3.8) is 0 Å². The van der Waals surface area contributed by atoms with Gasteiger partial charge in [-0.1, -0.05) is 0 Å². The number of carboxylic acids is 1. The zero-order chi connectivity index (χ0) is 17.9. The molecule has 132 valence electrons. The van der Waals surface area contributed by atoms with Crippen molar-refractivity contribution >= 4 is 35.2 Å². The number of aromatic nitrogens is 1. The number of pyridine rings is 1. The number of carbonyl (C=O) groups is 1. The van der Waals surface area contributed by atoms with Gasteiger partial charge in [-0.2, -0.15) is 12.6 Å². The second kappa shape index (κ2) is 5.72. The molecule has 0 unspecified atom stereocenters. The van der Waals surface area contributed by atoms with Crippen molar-refractivity contribution in [2.75, 3.05) is 18.0 Å². The predicted molar refractivity (Wildman–Crippen MR) is 93.0 cm³/mol. The summed E-state index contributed by atoms with van der Waals surface area (Å²) in [6.45, 7) is 0.901. The highest BCUT2D eigenvalue weighted by atomic mass is 32.1. The molecule has 0 amide bonds. The summed E-state index contributed by atoms with van der Waals surface area (Å²) >= 11 is 4.35. The Kier molecular flexibility index (Phi) is 3.75. The molecular weight excluding hydrogens is 350 g/mol. The molecule has 0 bridgehead atoms. The Labute approximate surface area is 147 Å². The summed E-state index contributed by atoms with van der Waals surface area (Å²) in [7, 11) is 0. The lowest BCUT2D eigenvalue weighted by atomic mass is 10.1. The van der Waals surface area contributed by atoms with E-state index in [0.29, 0.717) is 19.5 Å². The molecule has 1 saturated carbocycles. The average molecular weight is 366 g/mol. The van der Waals surface area contributed by atoms with E-state index in [9.17, 15) is 19.1 Å². The molecule has 1 aliphatic carbocycles. The van der Waals surface area contributed by atoms with Crippen molar-refractivity contribution in [1.29, 1.82) is 0 Å². The van der Waals surface area contributed by atoms with E-state index in [4.69, 9.17) is 0 Å². The van der Waals surface area contributed by atoms with Gasteiger partial charge in [-0.25, -0.2) is 13.6 Å². The van der Waals surface area contributed by atoms with E-state index < -0.39 is 28.6 Å². The Morgan fingerprint density at radius 2 is 2.00 bits per heavy atom. The van der Waals surface area contributed by atoms with E-state index in [1.54, 1.807) is 4.90 Å². The van der Waals surface area contributed by atoms with E-state index in [1.165, 1.54) is 10.8 Å². The Bertz CT molecular complexity index is 955. The van der Waals surface area contributed by atoms with Gasteiger partial charge in [0.2, 0.25) is 5.43 Å². The van der Waals surface area contributed by atoms with Gasteiger partial charge in [-0.15, -0.1) is 0 Å². The van der Waals surface area contributed by atoms with Crippen LogP contribution in [0, 0.1) is 11.6 Å². The molecule has 1 aliphatic heterocycles. The molecule has 1 aromatic carbocycles. The maximum atomic E-state index is 15.3. The van der Waals surface area contributed by atoms with Gasteiger partial charge in [0.25, 0.3) is 0 Å². The van der Waals surface area contributed by atoms with E-state index in [2.05, 4.69) is 12.6 Å². The van der Waals surface area contributed by atoms with E-state index in [1.807, 2.05) is 0 Å². The summed E-state index contributed by atoms with van der Waals surface area (Å²) < 4.78 is 31.4. The molecule has 25 heavy (non-hydrogen) atoms. The van der Waals surface area contributed by atoms with Gasteiger partial charge in [0.1, 0.15) is 17.1 Å². The van der Waals surface area contributed by atoms with E-state index in [-0.39, 0.29) is 27.9 Å². The lowest BCUT2D eigenvalue weighted by Gasteiger charge is -2.22. The standard InChI is InChI=1S/C17H16F2N2O3S/c18-12-5-10-14(13(19)15(12)20-4-3-9(25)6-20)21(8-1-2-8)7-11(16(10)22)17(23)24/h5,7-9,25H,1-4,6H2,(H,23,24)/t9-/m0/s1. The molecular formula is C17H16F2N2O3S. The Hall–Kier alpha value is -2.09. The van der Waals surface area contributed by atoms with Gasteiger partial charge < -0.3 is 14.6 Å². The van der Waals surface area contributed by atoms with Crippen molar-refractivity contribution in [3.05, 3.63) is 39.7 Å². The SMILES string of the molecule is O=C(O)c1cn(C2CC2)c2c(F)c(N3CC[C@H](S)C3)c(F)cc2c1=O. The number of halogens is 2. The van der Waals surface area contributed by atoms with Gasteiger partial charge in [0.05, 0.1) is 10.9 Å². The predicted octanol–water partition coefficient (Wildman–Crippen LogP) is 2.82. The number of rotatable bonds is 3. The van der Waals surface area contributed by atoms with Crippen LogP contribution in [0.1, 0.15) is 35.7 Å². The Morgan fingerprint density at radius 1 is 1.28 bits per heavy atom. The lowest BCUT2D eigenvalue weighted by molar-refractivity contribution is 0.0695. The number of hydrogen-bond donors (Lipinski definition) is 2. The largest absolute Gasteiger partial charge is 0.477 e. The molecule has 2 aliphatic rings. The fourth-order valence-electron chi connectivity index (χ4n) is 3.46. The number of benzene rings is 1. The van der Waals surface area contributed by atoms with Gasteiger partial charge in [0, 0.05) is 30.6 Å². The van der Waals surface area contributed by atoms with Crippen LogP contribution in [-0.2, 0) is 0 Å². The van der Waals surface area contributed by atoms with Gasteiger partial charge in [0.15, 0.2) is 5.82 Å². The minimum atomic E-state index is -1.40. The topological polar surface area (TPSA) is 62.5 Å². The van der Waals surface area contributed by atoms with Crippen molar-refractivity contribution in [3.8, 4) is 0 Å². The first kappa shape index (κ1) is 16.4. The molecule has 1 aromatic heterocycles. The van der Waals surface area contributed by atoms with Crippen LogP contribution in [0.2, 0.25) is 0 Å². The number of anilines is 1. The molecule has 2 aromatic rings. The third kappa shape index (κ3) is 2.59. The van der Waals surface area contributed by atoms with E-state index in [0.717, 1.165) is 18.9 Å². The Morgan fingerprint density at radius 3 is 2.56 bits per heavy atom. The quantitative estimate of drug-likeness (QED) is 0.820. The molecule has 2 heterocycles. The van der Waals surface area contributed by atoms with Crippen molar-refractivity contribution in [1.82, 2.24) is 4.57 Å². The molecule has 1 atom stereocenters. The first-order valence-electron chi connectivity index (χ1n) is 8.11. The van der Waals surface area contributed by atoms with Crippen LogP contribution >= 0.6 is 12.6 Å². The highest BCUT2D eigenvalue weighted by molar-refractivity contribution is 7.81. The van der Waals surface area contributed by atoms with Crippen molar-refractivity contribution in [2.45, 2.75) is 30.6 Å². The monoisotopic (exact) mass is 366 g/mol. The van der Waals surface area contributed by atoms with Crippen molar-refractivity contribution < 1.29 is 18.7 Å². The number of carboxylic acid groups (broad SMARTS) is 1. The summed E-state index contributed by atoms with van der Waals surface area (Å²) in [6.07, 6.45) is 3.44. The van der Waals surface area contributed by atoms with Gasteiger partial charge in [-0.3, -0.25) is 4.79 Å². The van der Waals surface area contributed by atoms with Crippen molar-refractivity contribution in [2.24, 2.45) is 0 Å². The number of fused-ring (bicyclic) bond motifs is 1. The van der Waals surface area contributed by atoms with Crippen LogP contribution in [0.15, 0.2) is 17.1 Å². The fraction of sp³-hybridized carbons (Fsp3) is 0.412. The van der Waals surface area contributed by atoms with E-state index >= 15 is 4.39 Å². The number of hydrogen-bond acceptors (Lipinski definition) is 4. The molecule has 8 heteroatoms. The maximum Gasteiger partial charge on any atom is 0.341 e. The summed E-state index contributed by atoms with van der Waals surface area (Å²) in [5.74, 6) is -3.06. The van der Waals surface area contributed by atoms with Gasteiger partial charge in [-0.05, 0) is 25.3 Å². The molecule has 5 nitrogen and oxygen atoms in total. The second-order valence-electron chi connectivity index (χ2n) is 6.62. The summed E-state index contributed by atoms with van der Waals surface area (Å²) in [4.78, 5) is 25.3. The minimum Gasteiger partial charge on any atom is -0.477 e. The number of aromatic carboxylic acids is 1. The fourth-order valence-corrected chi connectivity index (χ4v) is 3.77. The number of nitrogens with zero attached hydrogens (tertiary/aromatic N) is 2. The van der Waals surface area contributed by atoms with Gasteiger partial charge >= 0.3 is 5.97 Å². The first-order chi connectivity index (χ1) is 11.9. The summed E-state index contributed by atoms with van der Waals surface area (Å²) in [5, 5.41) is 9.04.